The van der Waals surface area contributed by atoms with Crippen molar-refractivity contribution in [3.8, 4) is 0 Å². The van der Waals surface area contributed by atoms with Crippen molar-refractivity contribution in [3.05, 3.63) is 42.4 Å². The van der Waals surface area contributed by atoms with Crippen molar-refractivity contribution >= 4 is 12.5 Å². The van der Waals surface area contributed by atoms with Gasteiger partial charge in [-0.2, -0.15) is 7.05 Å². The van der Waals surface area contributed by atoms with Crippen LogP contribution in [0.4, 0.5) is 0 Å². The van der Waals surface area contributed by atoms with E-state index < -0.39 is 0 Å². The van der Waals surface area contributed by atoms with Crippen LogP contribution in [0.5, 0.6) is 0 Å². The van der Waals surface area contributed by atoms with Gasteiger partial charge < -0.3 is 4.99 Å². The van der Waals surface area contributed by atoms with Gasteiger partial charge in [0.05, 0.1) is 0 Å². The van der Waals surface area contributed by atoms with E-state index in [9.17, 15) is 4.79 Å². The number of aliphatic imine (C=N–C) groups is 1. The normalized spacial score (nSPS) is 9.33. The van der Waals surface area contributed by atoms with Crippen LogP contribution in [-0.2, 0) is 32.7 Å². The maximum Gasteiger partial charge on any atom is 0.150 e. The average Bonchev–Trinajstić information content (AvgIpc) is 2.07. The van der Waals surface area contributed by atoms with Crippen LogP contribution in [-0.4, -0.2) is 12.5 Å². The van der Waals surface area contributed by atoms with Gasteiger partial charge >= 0.3 is 0 Å². The zero-order valence-electron chi connectivity index (χ0n) is 6.60. The molecule has 1 rings (SSSR count). The van der Waals surface area contributed by atoms with Crippen molar-refractivity contribution in [2.45, 2.75) is 0 Å². The van der Waals surface area contributed by atoms with Crippen molar-refractivity contribution in [2.75, 3.05) is 0 Å². The molecule has 12 heavy (non-hydrogen) atoms. The summed E-state index contributed by atoms with van der Waals surface area (Å²) in [6.07, 6.45) is 2.44. The second-order valence-electron chi connectivity index (χ2n) is 2.10. The van der Waals surface area contributed by atoms with Crippen LogP contribution in [0, 0.1) is 7.05 Å². The number of nitrogens with zero attached hydrogens (tertiary/aromatic N) is 1. The molecule has 0 bridgehead atoms. The van der Waals surface area contributed by atoms with Crippen molar-refractivity contribution in [1.29, 1.82) is 0 Å². The van der Waals surface area contributed by atoms with Crippen LogP contribution in [0.15, 0.2) is 29.3 Å². The molecule has 0 aliphatic carbocycles. The zero-order chi connectivity index (χ0) is 8.10. The third-order valence-corrected chi connectivity index (χ3v) is 1.31. The summed E-state index contributed by atoms with van der Waals surface area (Å²) in [6, 6.07) is 7.12. The maximum atomic E-state index is 10.2. The molecule has 3 heteroatoms. The van der Waals surface area contributed by atoms with Gasteiger partial charge in [0.15, 0.2) is 0 Å². The largest absolute Gasteiger partial charge is 0.456 e. The van der Waals surface area contributed by atoms with E-state index in [1.54, 1.807) is 18.3 Å². The standard InChI is InChI=1S/C9H8NO.Y/c1-10-6-8-2-4-9(7-11)5-3-8;/h2-7H,1H2;/q-1;. The Morgan fingerprint density at radius 1 is 1.17 bits per heavy atom. The van der Waals surface area contributed by atoms with E-state index in [0.717, 1.165) is 11.8 Å². The predicted molar refractivity (Wildman–Crippen MR) is 44.8 cm³/mol. The number of aldehydes is 1. The number of benzene rings is 1. The van der Waals surface area contributed by atoms with Crippen LogP contribution in [0.25, 0.3) is 0 Å². The summed E-state index contributed by atoms with van der Waals surface area (Å²) < 4.78 is 0. The van der Waals surface area contributed by atoms with Gasteiger partial charge in [-0.1, -0.05) is 29.8 Å². The first-order valence-electron chi connectivity index (χ1n) is 3.21. The minimum Gasteiger partial charge on any atom is -0.456 e. The minimum absolute atomic E-state index is 0. The molecule has 2 nitrogen and oxygen atoms in total. The molecule has 0 aromatic heterocycles. The second-order valence-corrected chi connectivity index (χ2v) is 2.10. The van der Waals surface area contributed by atoms with E-state index >= 15 is 0 Å². The maximum absolute atomic E-state index is 10.2. The molecule has 0 unspecified atom stereocenters. The molecule has 1 aromatic carbocycles. The first-order valence-corrected chi connectivity index (χ1v) is 3.21. The molecule has 0 aliphatic rings. The quantitative estimate of drug-likeness (QED) is 0.436. The average molecular weight is 235 g/mol. The summed E-state index contributed by atoms with van der Waals surface area (Å²) in [7, 11) is 3.32. The molecule has 0 amide bonds. The Labute approximate surface area is 97.0 Å². The van der Waals surface area contributed by atoms with Crippen molar-refractivity contribution in [3.63, 3.8) is 0 Å². The molecular formula is C9H8NOY-. The van der Waals surface area contributed by atoms with Crippen LogP contribution < -0.4 is 0 Å². The monoisotopic (exact) mass is 235 g/mol. The molecule has 0 N–H and O–H groups in total. The zero-order valence-corrected chi connectivity index (χ0v) is 9.44. The van der Waals surface area contributed by atoms with Gasteiger partial charge in [0.1, 0.15) is 6.29 Å². The second kappa shape index (κ2) is 6.09. The minimum atomic E-state index is 0. The Hall–Kier alpha value is -0.466. The van der Waals surface area contributed by atoms with Crippen molar-refractivity contribution in [2.24, 2.45) is 4.99 Å². The Morgan fingerprint density at radius 3 is 2.08 bits per heavy atom. The van der Waals surface area contributed by atoms with Gasteiger partial charge in [-0.3, -0.25) is 4.79 Å². The first-order chi connectivity index (χ1) is 5.36. The van der Waals surface area contributed by atoms with E-state index in [4.69, 9.17) is 0 Å². The van der Waals surface area contributed by atoms with Gasteiger partial charge in [0, 0.05) is 38.3 Å². The fraction of sp³-hybridized carbons (Fsp3) is 0. The fourth-order valence-corrected chi connectivity index (χ4v) is 0.766. The van der Waals surface area contributed by atoms with Crippen LogP contribution in [0.3, 0.4) is 0 Å². The summed E-state index contributed by atoms with van der Waals surface area (Å²) in [5, 5.41) is 0. The molecule has 0 saturated heterocycles. The van der Waals surface area contributed by atoms with E-state index in [0.29, 0.717) is 5.56 Å². The third-order valence-electron chi connectivity index (χ3n) is 1.31. The van der Waals surface area contributed by atoms with E-state index in [1.165, 1.54) is 0 Å². The SMILES string of the molecule is [CH2-]N=Cc1ccc(C=O)cc1.[Y]. The molecule has 1 radical (unpaired) electrons. The fourth-order valence-electron chi connectivity index (χ4n) is 0.766. The Balaban J connectivity index is 0.00000121. The molecular weight excluding hydrogens is 227 g/mol. The summed E-state index contributed by atoms with van der Waals surface area (Å²) >= 11 is 0. The molecule has 0 atom stereocenters. The molecule has 0 saturated carbocycles. The summed E-state index contributed by atoms with van der Waals surface area (Å²) in [6.45, 7) is 0. The number of rotatable bonds is 2. The van der Waals surface area contributed by atoms with Crippen LogP contribution in [0.2, 0.25) is 0 Å². The number of carbonyl (C=O) groups is 1. The summed E-state index contributed by atoms with van der Waals surface area (Å²) in [4.78, 5) is 13.8. The summed E-state index contributed by atoms with van der Waals surface area (Å²) in [5.74, 6) is 0. The van der Waals surface area contributed by atoms with E-state index in [-0.39, 0.29) is 32.7 Å². The van der Waals surface area contributed by atoms with Crippen LogP contribution in [0.1, 0.15) is 15.9 Å². The Morgan fingerprint density at radius 2 is 1.67 bits per heavy atom. The molecule has 0 fully saturated rings. The van der Waals surface area contributed by atoms with Crippen molar-refractivity contribution in [1.82, 2.24) is 0 Å². The van der Waals surface area contributed by atoms with Gasteiger partial charge in [-0.25, -0.2) is 0 Å². The number of hydrogen-bond donors (Lipinski definition) is 0. The van der Waals surface area contributed by atoms with Gasteiger partial charge in [0.2, 0.25) is 0 Å². The molecule has 0 heterocycles. The Kier molecular flexibility index (Phi) is 5.86. The molecule has 59 valence electrons. The number of hydrogen-bond acceptors (Lipinski definition) is 2. The van der Waals surface area contributed by atoms with Crippen molar-refractivity contribution < 1.29 is 37.5 Å². The molecule has 0 aliphatic heterocycles. The summed E-state index contributed by atoms with van der Waals surface area (Å²) in [5.41, 5.74) is 1.62. The van der Waals surface area contributed by atoms with Gasteiger partial charge in [-0.15, -0.1) is 6.21 Å². The smallest absolute Gasteiger partial charge is 0.150 e. The number of carbonyl (C=O) groups excluding carboxylic acids is 1. The van der Waals surface area contributed by atoms with Crippen LogP contribution >= 0.6 is 0 Å². The first kappa shape index (κ1) is 11.5. The Bertz CT molecular complexity index is 266. The topological polar surface area (TPSA) is 29.4 Å². The van der Waals surface area contributed by atoms with Gasteiger partial charge in [0.25, 0.3) is 0 Å². The van der Waals surface area contributed by atoms with Gasteiger partial charge in [-0.05, 0) is 0 Å². The van der Waals surface area contributed by atoms with E-state index in [2.05, 4.69) is 12.0 Å². The molecule has 0 spiro atoms. The molecule has 1 aromatic rings. The third kappa shape index (κ3) is 3.29. The van der Waals surface area contributed by atoms with E-state index in [1.807, 2.05) is 12.1 Å². The predicted octanol–water partition coefficient (Wildman–Crippen LogP) is 1.71.